The van der Waals surface area contributed by atoms with Crippen LogP contribution in [0.2, 0.25) is 0 Å². The molecule has 1 N–H and O–H groups in total. The van der Waals surface area contributed by atoms with Crippen LogP contribution in [0.5, 0.6) is 5.75 Å². The minimum atomic E-state index is -0.0218. The number of hydrogen-bond donors (Lipinski definition) is 1. The lowest BCUT2D eigenvalue weighted by Crippen LogP contribution is -2.13. The lowest BCUT2D eigenvalue weighted by molar-refractivity contribution is 0.251. The highest BCUT2D eigenvalue weighted by Gasteiger charge is 2.45. The summed E-state index contributed by atoms with van der Waals surface area (Å²) in [5.41, 5.74) is 1.11. The number of aliphatic hydroxyl groups excluding tert-OH is 1. The highest BCUT2D eigenvalue weighted by atomic mass is 79.9. The number of aliphatic hydroxyl groups is 1. The summed E-state index contributed by atoms with van der Waals surface area (Å²) in [6, 6.07) is 5.98. The van der Waals surface area contributed by atoms with Crippen LogP contribution >= 0.6 is 15.9 Å². The van der Waals surface area contributed by atoms with Gasteiger partial charge < -0.3 is 9.84 Å². The Morgan fingerprint density at radius 1 is 1.50 bits per heavy atom. The first-order valence-electron chi connectivity index (χ1n) is 4.67. The van der Waals surface area contributed by atoms with Gasteiger partial charge >= 0.3 is 0 Å². The van der Waals surface area contributed by atoms with Gasteiger partial charge in [0.05, 0.1) is 13.7 Å². The maximum atomic E-state index is 9.33. The van der Waals surface area contributed by atoms with E-state index >= 15 is 0 Å². The molecule has 0 spiro atoms. The molecule has 1 saturated carbocycles. The van der Waals surface area contributed by atoms with Crippen molar-refractivity contribution >= 4 is 15.9 Å². The van der Waals surface area contributed by atoms with Crippen molar-refractivity contribution in [3.05, 3.63) is 28.2 Å². The summed E-state index contributed by atoms with van der Waals surface area (Å²) >= 11 is 3.40. The number of hydrogen-bond acceptors (Lipinski definition) is 2. The summed E-state index contributed by atoms with van der Waals surface area (Å²) in [4.78, 5) is 0. The number of rotatable bonds is 3. The fourth-order valence-corrected chi connectivity index (χ4v) is 2.11. The topological polar surface area (TPSA) is 29.5 Å². The molecular weight excluding hydrogens is 244 g/mol. The summed E-state index contributed by atoms with van der Waals surface area (Å²) in [6.07, 6.45) is 2.11. The molecule has 0 aromatic heterocycles. The Labute approximate surface area is 92.0 Å². The Morgan fingerprint density at radius 3 is 2.71 bits per heavy atom. The van der Waals surface area contributed by atoms with Gasteiger partial charge in [0, 0.05) is 15.5 Å². The summed E-state index contributed by atoms with van der Waals surface area (Å²) in [6.45, 7) is 0.213. The van der Waals surface area contributed by atoms with E-state index in [1.165, 1.54) is 0 Å². The molecule has 0 bridgehead atoms. The van der Waals surface area contributed by atoms with Crippen LogP contribution in [0.25, 0.3) is 0 Å². The van der Waals surface area contributed by atoms with Crippen molar-refractivity contribution in [1.29, 1.82) is 0 Å². The van der Waals surface area contributed by atoms with Crippen LogP contribution in [0.1, 0.15) is 18.4 Å². The molecule has 3 heteroatoms. The van der Waals surface area contributed by atoms with Crippen LogP contribution in [-0.4, -0.2) is 18.8 Å². The van der Waals surface area contributed by atoms with Crippen molar-refractivity contribution < 1.29 is 9.84 Å². The fraction of sp³-hybridized carbons (Fsp3) is 0.455. The molecular formula is C11H13BrO2. The minimum absolute atomic E-state index is 0.0218. The van der Waals surface area contributed by atoms with Gasteiger partial charge in [0.1, 0.15) is 5.75 Å². The van der Waals surface area contributed by atoms with Crippen molar-refractivity contribution in [2.75, 3.05) is 13.7 Å². The standard InChI is InChI=1S/C11H13BrO2/c1-14-10-6-8(12)2-3-9(10)11(7-13)4-5-11/h2-3,6,13H,4-5,7H2,1H3. The second-order valence-electron chi connectivity index (χ2n) is 3.78. The van der Waals surface area contributed by atoms with E-state index in [0.717, 1.165) is 28.6 Å². The third kappa shape index (κ3) is 1.55. The molecule has 0 unspecified atom stereocenters. The predicted molar refractivity (Wildman–Crippen MR) is 58.7 cm³/mol. The maximum absolute atomic E-state index is 9.33. The molecule has 1 aliphatic carbocycles. The summed E-state index contributed by atoms with van der Waals surface area (Å²) in [7, 11) is 1.67. The van der Waals surface area contributed by atoms with Crippen LogP contribution in [0.4, 0.5) is 0 Å². The molecule has 0 aliphatic heterocycles. The average Bonchev–Trinajstić information content (AvgIpc) is 2.98. The van der Waals surface area contributed by atoms with E-state index in [0.29, 0.717) is 0 Å². The van der Waals surface area contributed by atoms with Crippen LogP contribution in [0.3, 0.4) is 0 Å². The molecule has 0 atom stereocenters. The van der Waals surface area contributed by atoms with E-state index in [2.05, 4.69) is 15.9 Å². The largest absolute Gasteiger partial charge is 0.496 e. The first kappa shape index (κ1) is 9.99. The van der Waals surface area contributed by atoms with Gasteiger partial charge in [0.2, 0.25) is 0 Å². The fourth-order valence-electron chi connectivity index (χ4n) is 1.77. The Kier molecular flexibility index (Phi) is 2.54. The first-order valence-corrected chi connectivity index (χ1v) is 5.46. The van der Waals surface area contributed by atoms with Gasteiger partial charge in [-0.2, -0.15) is 0 Å². The third-order valence-corrected chi connectivity index (χ3v) is 3.38. The van der Waals surface area contributed by atoms with Crippen LogP contribution in [0.15, 0.2) is 22.7 Å². The molecule has 2 nitrogen and oxygen atoms in total. The molecule has 14 heavy (non-hydrogen) atoms. The van der Waals surface area contributed by atoms with Gasteiger partial charge in [0.15, 0.2) is 0 Å². The lowest BCUT2D eigenvalue weighted by atomic mass is 9.96. The number of ether oxygens (including phenoxy) is 1. The molecule has 0 heterocycles. The smallest absolute Gasteiger partial charge is 0.123 e. The molecule has 1 aromatic carbocycles. The van der Waals surface area contributed by atoms with Gasteiger partial charge in [-0.05, 0) is 25.0 Å². The van der Waals surface area contributed by atoms with Crippen molar-refractivity contribution in [1.82, 2.24) is 0 Å². The van der Waals surface area contributed by atoms with E-state index < -0.39 is 0 Å². The quantitative estimate of drug-likeness (QED) is 0.901. The average molecular weight is 257 g/mol. The van der Waals surface area contributed by atoms with Gasteiger partial charge in [-0.1, -0.05) is 22.0 Å². The second-order valence-corrected chi connectivity index (χ2v) is 4.70. The molecule has 0 saturated heterocycles. The van der Waals surface area contributed by atoms with E-state index in [1.54, 1.807) is 7.11 Å². The molecule has 1 aliphatic rings. The highest BCUT2D eigenvalue weighted by molar-refractivity contribution is 9.10. The highest BCUT2D eigenvalue weighted by Crippen LogP contribution is 2.51. The summed E-state index contributed by atoms with van der Waals surface area (Å²) in [5.74, 6) is 0.867. The zero-order chi connectivity index (χ0) is 10.2. The summed E-state index contributed by atoms with van der Waals surface area (Å²) < 4.78 is 6.32. The monoisotopic (exact) mass is 256 g/mol. The Bertz CT molecular complexity index is 345. The van der Waals surface area contributed by atoms with Gasteiger partial charge in [0.25, 0.3) is 0 Å². The number of methoxy groups -OCH3 is 1. The van der Waals surface area contributed by atoms with Crippen molar-refractivity contribution in [3.63, 3.8) is 0 Å². The zero-order valence-electron chi connectivity index (χ0n) is 8.09. The van der Waals surface area contributed by atoms with Crippen LogP contribution in [-0.2, 0) is 5.41 Å². The van der Waals surface area contributed by atoms with E-state index in [9.17, 15) is 5.11 Å². The first-order chi connectivity index (χ1) is 6.72. The molecule has 1 aromatic rings. The van der Waals surface area contributed by atoms with Crippen molar-refractivity contribution in [2.45, 2.75) is 18.3 Å². The van der Waals surface area contributed by atoms with Gasteiger partial charge in [-0.25, -0.2) is 0 Å². The van der Waals surface area contributed by atoms with E-state index in [4.69, 9.17) is 4.74 Å². The SMILES string of the molecule is COc1cc(Br)ccc1C1(CO)CC1. The molecule has 0 amide bonds. The third-order valence-electron chi connectivity index (χ3n) is 2.89. The second kappa shape index (κ2) is 3.55. The molecule has 0 radical (unpaired) electrons. The van der Waals surface area contributed by atoms with Crippen molar-refractivity contribution in [3.8, 4) is 5.75 Å². The summed E-state index contributed by atoms with van der Waals surface area (Å²) in [5, 5.41) is 9.33. The Morgan fingerprint density at radius 2 is 2.21 bits per heavy atom. The molecule has 76 valence electrons. The zero-order valence-corrected chi connectivity index (χ0v) is 9.67. The van der Waals surface area contributed by atoms with Crippen molar-refractivity contribution in [2.24, 2.45) is 0 Å². The molecule has 1 fully saturated rings. The number of halogens is 1. The normalized spacial score (nSPS) is 17.9. The van der Waals surface area contributed by atoms with Crippen LogP contribution in [0, 0.1) is 0 Å². The van der Waals surface area contributed by atoms with E-state index in [-0.39, 0.29) is 12.0 Å². The van der Waals surface area contributed by atoms with Gasteiger partial charge in [-0.15, -0.1) is 0 Å². The van der Waals surface area contributed by atoms with Crippen LogP contribution < -0.4 is 4.74 Å². The molecule has 2 rings (SSSR count). The van der Waals surface area contributed by atoms with Gasteiger partial charge in [-0.3, -0.25) is 0 Å². The maximum Gasteiger partial charge on any atom is 0.123 e. The lowest BCUT2D eigenvalue weighted by Gasteiger charge is -2.16. The van der Waals surface area contributed by atoms with E-state index in [1.807, 2.05) is 18.2 Å². The minimum Gasteiger partial charge on any atom is -0.496 e. The number of benzene rings is 1. The Balaban J connectivity index is 2.42. The Hall–Kier alpha value is -0.540. The predicted octanol–water partition coefficient (Wildman–Crippen LogP) is 2.48.